The number of hydrogen-bond donors (Lipinski definition) is 4. The first-order valence-corrected chi connectivity index (χ1v) is 19.8. The van der Waals surface area contributed by atoms with Crippen molar-refractivity contribution < 1.29 is 28.5 Å². The van der Waals surface area contributed by atoms with E-state index in [1.807, 2.05) is 48.5 Å². The van der Waals surface area contributed by atoms with Crippen LogP contribution in [0.4, 0.5) is 11.6 Å². The van der Waals surface area contributed by atoms with Crippen molar-refractivity contribution in [1.29, 1.82) is 0 Å². The Bertz CT molecular complexity index is 2250. The molecule has 288 valence electrons. The molecule has 14 nitrogen and oxygen atoms in total. The van der Waals surface area contributed by atoms with Gasteiger partial charge in [-0.2, -0.15) is 9.97 Å². The molecule has 0 radical (unpaired) electrons. The van der Waals surface area contributed by atoms with Crippen LogP contribution in [0.5, 0.6) is 12.0 Å². The van der Waals surface area contributed by atoms with E-state index in [2.05, 4.69) is 30.0 Å². The van der Waals surface area contributed by atoms with E-state index in [9.17, 15) is 9.59 Å². The average Bonchev–Trinajstić information content (AvgIpc) is 3.81. The summed E-state index contributed by atoms with van der Waals surface area (Å²) in [6, 6.07) is 19.3. The third-order valence-electron chi connectivity index (χ3n) is 17.9. The smallest absolute Gasteiger partial charge is 0.318 e. The van der Waals surface area contributed by atoms with E-state index in [0.717, 1.165) is 22.3 Å². The number of rotatable bonds is 13. The number of ether oxygens (including phenoxy) is 4. The van der Waals surface area contributed by atoms with Gasteiger partial charge in [-0.1, -0.05) is 48.5 Å². The van der Waals surface area contributed by atoms with E-state index in [0.29, 0.717) is 37.9 Å². The number of halogens is 1. The van der Waals surface area contributed by atoms with E-state index in [1.165, 1.54) is 79.2 Å². The van der Waals surface area contributed by atoms with E-state index in [-0.39, 0.29) is 31.1 Å². The molecular formula is C42H37ClN8O6. The molecule has 0 saturated heterocycles. The monoisotopic (exact) mass is 784 g/mol. The Labute approximate surface area is 330 Å². The number of benzene rings is 2. The molecule has 2 heterocycles. The molecule has 14 aliphatic carbocycles. The molecule has 57 heavy (non-hydrogen) atoms. The summed E-state index contributed by atoms with van der Waals surface area (Å²) in [5.41, 5.74) is 35.7. The van der Waals surface area contributed by atoms with Crippen LogP contribution in [-0.4, -0.2) is 58.5 Å². The van der Waals surface area contributed by atoms with Gasteiger partial charge in [0, 0.05) is 105 Å². The highest BCUT2D eigenvalue weighted by molar-refractivity contribution is 6.63. The van der Waals surface area contributed by atoms with Crippen molar-refractivity contribution in [2.75, 3.05) is 38.9 Å². The number of nitrogen functional groups attached to an aromatic ring is 2. The van der Waals surface area contributed by atoms with Crippen LogP contribution < -0.4 is 32.0 Å². The number of aromatic nitrogens is 4. The number of amides is 1. The van der Waals surface area contributed by atoms with Crippen molar-refractivity contribution in [2.24, 2.45) is 70.7 Å². The lowest BCUT2D eigenvalue weighted by molar-refractivity contribution is -0.124. The van der Waals surface area contributed by atoms with Gasteiger partial charge in [0.05, 0.1) is 0 Å². The molecule has 2 aromatic heterocycles. The Morgan fingerprint density at radius 1 is 0.596 bits per heavy atom. The van der Waals surface area contributed by atoms with Gasteiger partial charge in [-0.15, -0.1) is 0 Å². The van der Waals surface area contributed by atoms with Gasteiger partial charge < -0.3 is 41.5 Å². The molecule has 4 aromatic rings. The van der Waals surface area contributed by atoms with Gasteiger partial charge in [0.15, 0.2) is 0 Å². The molecule has 14 aliphatic rings. The van der Waals surface area contributed by atoms with Crippen LogP contribution in [0.15, 0.2) is 73.1 Å². The van der Waals surface area contributed by atoms with E-state index in [1.54, 1.807) is 24.5 Å². The Kier molecular flexibility index (Phi) is 4.69. The second kappa shape index (κ2) is 8.33. The van der Waals surface area contributed by atoms with E-state index in [4.69, 9.17) is 43.0 Å². The number of carbonyl (C=O) groups excluding carboxylic acids is 2. The molecule has 14 fully saturated rings. The lowest BCUT2D eigenvalue weighted by Crippen LogP contribution is -2.26. The molecule has 0 aliphatic heterocycles. The maximum Gasteiger partial charge on any atom is 0.318 e. The first kappa shape index (κ1) is 32.1. The Morgan fingerprint density at radius 2 is 0.965 bits per heavy atom. The number of anilines is 2. The maximum atomic E-state index is 11.3. The standard InChI is InChI=1S/C15H18N4O3.C12H14N4O.2C6.C3H5ClO2/c1-21-10-14(20)18-8-11-2-4-12(5-3-11)9-22-15-17-7-6-13(16)19-15;13-7-9-1-3-10(4-2-9)8-17-12-15-6-5-11(14)16-12;2*1-2-3(1)5(1)4(1,2)6(2,3)5;1-6-2-3(4)5/h2-7H,8-10H2,1H3,(H,18,20)(H2,16,17,19);1-6H,7-8,13H2,(H2,14,15,16);;;2H2,1H3. The molecule has 2 aromatic carbocycles. The number of nitrogens with two attached hydrogens (primary N) is 3. The third-order valence-corrected chi connectivity index (χ3v) is 18.0. The van der Waals surface area contributed by atoms with Crippen LogP contribution in [0.1, 0.15) is 22.3 Å². The minimum Gasteiger partial charge on any atom is -0.459 e. The molecule has 15 heteroatoms. The van der Waals surface area contributed by atoms with E-state index >= 15 is 0 Å². The Balaban J connectivity index is 0.0000000782. The molecule has 1 amide bonds. The molecule has 4 spiro atoms. The van der Waals surface area contributed by atoms with Gasteiger partial charge in [0.2, 0.25) is 11.1 Å². The van der Waals surface area contributed by atoms with Crippen LogP contribution in [0.2, 0.25) is 0 Å². The van der Waals surface area contributed by atoms with Crippen LogP contribution in [-0.2, 0) is 45.4 Å². The van der Waals surface area contributed by atoms with Crippen LogP contribution in [0.25, 0.3) is 0 Å². The van der Waals surface area contributed by atoms with Crippen molar-refractivity contribution in [3.63, 3.8) is 0 Å². The molecule has 0 atom stereocenters. The van der Waals surface area contributed by atoms with Crippen molar-refractivity contribution in [1.82, 2.24) is 25.3 Å². The van der Waals surface area contributed by atoms with Crippen LogP contribution >= 0.6 is 11.6 Å². The average molecular weight is 785 g/mol. The number of carbonyl (C=O) groups is 2. The van der Waals surface area contributed by atoms with Crippen molar-refractivity contribution in [2.45, 2.75) is 26.3 Å². The molecular weight excluding hydrogens is 748 g/mol. The summed E-state index contributed by atoms with van der Waals surface area (Å²) in [6.45, 7) is 1.82. The highest BCUT2D eigenvalue weighted by Gasteiger charge is 4.01. The molecule has 12 bridgehead atoms. The van der Waals surface area contributed by atoms with Crippen molar-refractivity contribution in [3.05, 3.63) is 95.3 Å². The highest BCUT2D eigenvalue weighted by atomic mass is 35.5. The van der Waals surface area contributed by atoms with E-state index < -0.39 is 5.24 Å². The third kappa shape index (κ3) is 2.10. The summed E-state index contributed by atoms with van der Waals surface area (Å²) in [4.78, 5) is 36.8. The fourth-order valence-electron chi connectivity index (χ4n) is 17.0. The SMILES string of the molecule is C123C45C16C21C34C561.C123C45C16C21C34C561.COCC(=O)Cl.COCC(=O)NCc1ccc(COc2nccc(N)n2)cc1.NCc1ccc(COc2nccc(N)n2)cc1. The minimum atomic E-state index is -0.461. The highest BCUT2D eigenvalue weighted by Crippen LogP contribution is 4.01. The molecule has 18 rings (SSSR count). The summed E-state index contributed by atoms with van der Waals surface area (Å²) in [5.74, 6) is 0.620. The summed E-state index contributed by atoms with van der Waals surface area (Å²) < 4.78 is 19.9. The number of nitrogens with one attached hydrogen (secondary N) is 1. The number of hydrogen-bond acceptors (Lipinski definition) is 13. The zero-order chi connectivity index (χ0) is 38.9. The minimum absolute atomic E-state index is 0.00154. The van der Waals surface area contributed by atoms with Gasteiger partial charge in [-0.25, -0.2) is 9.97 Å². The summed E-state index contributed by atoms with van der Waals surface area (Å²) in [5, 5.41) is 2.29. The molecule has 14 saturated carbocycles. The van der Waals surface area contributed by atoms with Gasteiger partial charge in [0.25, 0.3) is 0 Å². The Hall–Kier alpha value is -4.89. The van der Waals surface area contributed by atoms with Crippen LogP contribution in [0.3, 0.4) is 0 Å². The van der Waals surface area contributed by atoms with Crippen molar-refractivity contribution >= 4 is 34.4 Å². The fraction of sp³-hybridized carbons (Fsp3) is 0.476. The quantitative estimate of drug-likeness (QED) is 0.144. The Morgan fingerprint density at radius 3 is 1.26 bits per heavy atom. The summed E-state index contributed by atoms with van der Waals surface area (Å²) >= 11 is 4.81. The first-order chi connectivity index (χ1) is 27.7. The fourth-order valence-corrected chi connectivity index (χ4v) is 17.1. The van der Waals surface area contributed by atoms with Gasteiger partial charge in [-0.05, 0) is 46.0 Å². The number of methoxy groups -OCH3 is 2. The van der Waals surface area contributed by atoms with Gasteiger partial charge >= 0.3 is 12.0 Å². The second-order valence-corrected chi connectivity index (χ2v) is 18.4. The van der Waals surface area contributed by atoms with Gasteiger partial charge in [0.1, 0.15) is 38.1 Å². The predicted molar refractivity (Wildman–Crippen MR) is 198 cm³/mol. The second-order valence-electron chi connectivity index (χ2n) is 17.9. The lowest BCUT2D eigenvalue weighted by Gasteiger charge is -2.07. The topological polar surface area (TPSA) is 213 Å². The number of nitrogens with zero attached hydrogens (tertiary/aromatic N) is 4. The first-order valence-electron chi connectivity index (χ1n) is 19.4. The van der Waals surface area contributed by atoms with Crippen molar-refractivity contribution in [3.8, 4) is 12.0 Å². The lowest BCUT2D eigenvalue weighted by atomic mass is 10.0. The zero-order valence-corrected chi connectivity index (χ0v) is 31.8. The maximum absolute atomic E-state index is 11.3. The van der Waals surface area contributed by atoms with Crippen LogP contribution in [0, 0.1) is 65.0 Å². The predicted octanol–water partition coefficient (Wildman–Crippen LogP) is 2.40. The summed E-state index contributed by atoms with van der Waals surface area (Å²) in [6.07, 6.45) is 3.11. The summed E-state index contributed by atoms with van der Waals surface area (Å²) in [7, 11) is 2.90. The van der Waals surface area contributed by atoms with Gasteiger partial charge in [-0.3, -0.25) is 9.59 Å². The zero-order valence-electron chi connectivity index (χ0n) is 31.0. The largest absolute Gasteiger partial charge is 0.459 e. The molecule has 0 unspecified atom stereocenters. The normalized spacial score (nSPS) is 48.3. The molecule has 7 N–H and O–H groups in total.